The number of benzene rings is 1. The van der Waals surface area contributed by atoms with Gasteiger partial charge >= 0.3 is 5.63 Å². The van der Waals surface area contributed by atoms with E-state index in [0.717, 1.165) is 62.8 Å². The van der Waals surface area contributed by atoms with Gasteiger partial charge in [-0.3, -0.25) is 9.80 Å². The van der Waals surface area contributed by atoms with Crippen molar-refractivity contribution in [3.05, 3.63) is 57.1 Å². The second-order valence-corrected chi connectivity index (χ2v) is 8.39. The lowest BCUT2D eigenvalue weighted by molar-refractivity contribution is 0.212. The molecule has 1 N–H and O–H groups in total. The maximum absolute atomic E-state index is 12.2. The third kappa shape index (κ3) is 4.94. The maximum Gasteiger partial charge on any atom is 0.343 e. The summed E-state index contributed by atoms with van der Waals surface area (Å²) in [5.74, 6) is 0.101. The summed E-state index contributed by atoms with van der Waals surface area (Å²) in [5, 5.41) is 11.5. The van der Waals surface area contributed by atoms with E-state index in [0.29, 0.717) is 24.2 Å². The number of piperazine rings is 1. The molecule has 4 rings (SSSR count). The van der Waals surface area contributed by atoms with Crippen molar-refractivity contribution in [3.63, 3.8) is 0 Å². The molecular formula is C22H28ClN3O3. The molecule has 6 nitrogen and oxygen atoms in total. The quantitative estimate of drug-likeness (QED) is 0.805. The van der Waals surface area contributed by atoms with E-state index in [1.54, 1.807) is 0 Å². The molecule has 2 aliphatic heterocycles. The van der Waals surface area contributed by atoms with Gasteiger partial charge in [0.1, 0.15) is 12.0 Å². The molecule has 0 spiro atoms. The van der Waals surface area contributed by atoms with Crippen molar-refractivity contribution < 1.29 is 9.52 Å². The first-order valence-corrected chi connectivity index (χ1v) is 10.8. The predicted octanol–water partition coefficient (Wildman–Crippen LogP) is 3.31. The summed E-state index contributed by atoms with van der Waals surface area (Å²) < 4.78 is 5.26. The summed E-state index contributed by atoms with van der Waals surface area (Å²) >= 11 is 6.11. The molecule has 0 saturated carbocycles. The lowest BCUT2D eigenvalue weighted by Gasteiger charge is -2.36. The number of aromatic hydroxyl groups is 1. The largest absolute Gasteiger partial charge is 0.507 e. The fourth-order valence-corrected chi connectivity index (χ4v) is 4.40. The molecule has 2 saturated heterocycles. The fourth-order valence-electron chi connectivity index (χ4n) is 4.21. The number of halogens is 1. The van der Waals surface area contributed by atoms with Crippen LogP contribution in [0.2, 0.25) is 5.02 Å². The Hall–Kier alpha value is -2.02. The van der Waals surface area contributed by atoms with E-state index in [2.05, 4.69) is 20.8 Å². The van der Waals surface area contributed by atoms with Gasteiger partial charge in [0.2, 0.25) is 0 Å². The Bertz CT molecular complexity index is 887. The van der Waals surface area contributed by atoms with Crippen LogP contribution >= 0.6 is 11.6 Å². The Morgan fingerprint density at radius 2 is 1.69 bits per heavy atom. The Kier molecular flexibility index (Phi) is 6.43. The monoisotopic (exact) mass is 417 g/mol. The highest BCUT2D eigenvalue weighted by atomic mass is 35.5. The number of hydrogen-bond acceptors (Lipinski definition) is 6. The van der Waals surface area contributed by atoms with Crippen LogP contribution in [0.1, 0.15) is 30.4 Å². The molecule has 7 heteroatoms. The zero-order chi connectivity index (χ0) is 20.2. The van der Waals surface area contributed by atoms with E-state index in [-0.39, 0.29) is 5.75 Å². The first-order valence-electron chi connectivity index (χ1n) is 10.4. The van der Waals surface area contributed by atoms with Gasteiger partial charge in [-0.05, 0) is 44.1 Å². The van der Waals surface area contributed by atoms with Crippen LogP contribution in [0.4, 0.5) is 5.69 Å². The topological polar surface area (TPSA) is 60.2 Å². The molecule has 0 bridgehead atoms. The lowest BCUT2D eigenvalue weighted by atomic mass is 10.1. The summed E-state index contributed by atoms with van der Waals surface area (Å²) in [4.78, 5) is 19.0. The molecule has 2 aliphatic rings. The SMILES string of the molecule is O=c1occ(CN2CCN(c3cccc(Cl)c3)CC2)c(O)c1CN1CCCCC1. The summed E-state index contributed by atoms with van der Waals surface area (Å²) in [5.41, 5.74) is 1.78. The van der Waals surface area contributed by atoms with Crippen molar-refractivity contribution in [2.75, 3.05) is 44.2 Å². The van der Waals surface area contributed by atoms with Crippen LogP contribution in [0.3, 0.4) is 0 Å². The lowest BCUT2D eigenvalue weighted by Crippen LogP contribution is -2.46. The minimum Gasteiger partial charge on any atom is -0.507 e. The standard InChI is InChI=1S/C22H28ClN3O3/c23-18-5-4-6-19(13-18)26-11-9-25(10-12-26)14-17-16-29-22(28)20(21(17)27)15-24-7-2-1-3-8-24/h4-6,13,16,27H,1-3,7-12,14-15H2. The predicted molar refractivity (Wildman–Crippen MR) is 115 cm³/mol. The summed E-state index contributed by atoms with van der Waals surface area (Å²) in [6.45, 7) is 6.48. The van der Waals surface area contributed by atoms with Gasteiger partial charge in [-0.2, -0.15) is 0 Å². The van der Waals surface area contributed by atoms with Crippen molar-refractivity contribution in [2.45, 2.75) is 32.4 Å². The van der Waals surface area contributed by atoms with Gasteiger partial charge in [-0.25, -0.2) is 4.79 Å². The average molecular weight is 418 g/mol. The molecule has 29 heavy (non-hydrogen) atoms. The summed E-state index contributed by atoms with van der Waals surface area (Å²) in [6, 6.07) is 7.92. The number of rotatable bonds is 5. The highest BCUT2D eigenvalue weighted by molar-refractivity contribution is 6.30. The molecule has 0 atom stereocenters. The van der Waals surface area contributed by atoms with E-state index in [1.165, 1.54) is 12.7 Å². The highest BCUT2D eigenvalue weighted by Crippen LogP contribution is 2.25. The molecule has 0 unspecified atom stereocenters. The van der Waals surface area contributed by atoms with Crippen LogP contribution in [0.25, 0.3) is 0 Å². The van der Waals surface area contributed by atoms with Gasteiger partial charge in [0.25, 0.3) is 0 Å². The van der Waals surface area contributed by atoms with Gasteiger partial charge < -0.3 is 14.4 Å². The normalized spacial score (nSPS) is 18.9. The minimum atomic E-state index is -0.428. The van der Waals surface area contributed by atoms with Crippen molar-refractivity contribution in [1.82, 2.24) is 9.80 Å². The third-order valence-corrected chi connectivity index (χ3v) is 6.15. The molecule has 2 fully saturated rings. The van der Waals surface area contributed by atoms with Gasteiger partial charge in [0.05, 0.1) is 5.56 Å². The Balaban J connectivity index is 1.39. The van der Waals surface area contributed by atoms with Gasteiger partial charge in [0.15, 0.2) is 0 Å². The Morgan fingerprint density at radius 1 is 0.966 bits per heavy atom. The van der Waals surface area contributed by atoms with Crippen LogP contribution in [0, 0.1) is 0 Å². The van der Waals surface area contributed by atoms with E-state index in [9.17, 15) is 9.90 Å². The van der Waals surface area contributed by atoms with E-state index < -0.39 is 5.63 Å². The Labute approximate surface area is 176 Å². The van der Waals surface area contributed by atoms with Gasteiger partial charge in [0, 0.05) is 55.5 Å². The molecule has 0 amide bonds. The van der Waals surface area contributed by atoms with Crippen LogP contribution in [0.5, 0.6) is 5.75 Å². The van der Waals surface area contributed by atoms with Gasteiger partial charge in [-0.1, -0.05) is 24.1 Å². The number of hydrogen-bond donors (Lipinski definition) is 1. The zero-order valence-corrected chi connectivity index (χ0v) is 17.4. The number of nitrogens with zero attached hydrogens (tertiary/aromatic N) is 3. The average Bonchev–Trinajstić information content (AvgIpc) is 2.74. The van der Waals surface area contributed by atoms with E-state index in [1.807, 2.05) is 18.2 Å². The van der Waals surface area contributed by atoms with Gasteiger partial charge in [-0.15, -0.1) is 0 Å². The number of anilines is 1. The number of piperidine rings is 1. The van der Waals surface area contributed by atoms with Crippen LogP contribution in [-0.2, 0) is 13.1 Å². The molecular weight excluding hydrogens is 390 g/mol. The van der Waals surface area contributed by atoms with Crippen molar-refractivity contribution in [1.29, 1.82) is 0 Å². The van der Waals surface area contributed by atoms with E-state index in [4.69, 9.17) is 16.0 Å². The first-order chi connectivity index (χ1) is 14.1. The van der Waals surface area contributed by atoms with Crippen molar-refractivity contribution in [2.24, 2.45) is 0 Å². The molecule has 1 aromatic heterocycles. The summed E-state index contributed by atoms with van der Waals surface area (Å²) in [6.07, 6.45) is 4.93. The smallest absolute Gasteiger partial charge is 0.343 e. The van der Waals surface area contributed by atoms with Crippen LogP contribution in [-0.4, -0.2) is 54.2 Å². The third-order valence-electron chi connectivity index (χ3n) is 5.91. The van der Waals surface area contributed by atoms with Crippen LogP contribution in [0.15, 0.2) is 39.7 Å². The molecule has 1 aromatic carbocycles. The first kappa shape index (κ1) is 20.3. The molecule has 156 valence electrons. The molecule has 0 radical (unpaired) electrons. The number of likely N-dealkylation sites (tertiary alicyclic amines) is 1. The second kappa shape index (κ2) is 9.20. The second-order valence-electron chi connectivity index (χ2n) is 7.96. The minimum absolute atomic E-state index is 0.101. The molecule has 0 aliphatic carbocycles. The van der Waals surface area contributed by atoms with Crippen LogP contribution < -0.4 is 10.5 Å². The highest BCUT2D eigenvalue weighted by Gasteiger charge is 2.22. The summed E-state index contributed by atoms with van der Waals surface area (Å²) in [7, 11) is 0. The van der Waals surface area contributed by atoms with Crippen molar-refractivity contribution in [3.8, 4) is 5.75 Å². The van der Waals surface area contributed by atoms with E-state index >= 15 is 0 Å². The van der Waals surface area contributed by atoms with Crippen molar-refractivity contribution >= 4 is 17.3 Å². The Morgan fingerprint density at radius 3 is 2.41 bits per heavy atom. The maximum atomic E-state index is 12.2. The molecule has 2 aromatic rings. The fraction of sp³-hybridized carbons (Fsp3) is 0.500. The zero-order valence-electron chi connectivity index (χ0n) is 16.6. The molecule has 3 heterocycles.